The van der Waals surface area contributed by atoms with Crippen LogP contribution in [-0.4, -0.2) is 97.9 Å². The molecule has 12 nitrogen and oxygen atoms in total. The Kier molecular flexibility index (Phi) is 21.1. The number of nitrogens with one attached hydrogen (secondary N) is 4. The number of nitrogens with two attached hydrogens (primary N) is 1. The van der Waals surface area contributed by atoms with Gasteiger partial charge in [0.05, 0.1) is 5.84 Å². The molecule has 0 rings (SSSR count). The monoisotopic (exact) mass is 811 g/mol. The van der Waals surface area contributed by atoms with Crippen molar-refractivity contribution in [1.29, 1.82) is 5.41 Å². The van der Waals surface area contributed by atoms with E-state index in [1.165, 1.54) is 0 Å². The zero-order valence-electron chi connectivity index (χ0n) is 39.5. The molecule has 0 aliphatic rings. The minimum absolute atomic E-state index is 0.00345. The van der Waals surface area contributed by atoms with Crippen molar-refractivity contribution in [2.45, 2.75) is 223 Å². The zero-order chi connectivity index (χ0) is 45.0. The van der Waals surface area contributed by atoms with Crippen LogP contribution in [0.5, 0.6) is 0 Å². The summed E-state index contributed by atoms with van der Waals surface area (Å²) in [5.74, 6) is -1.05. The summed E-state index contributed by atoms with van der Waals surface area (Å²) < 4.78 is 0. The van der Waals surface area contributed by atoms with Gasteiger partial charge in [-0.2, -0.15) is 0 Å². The number of carbonyl (C=O) groups excluding carboxylic acids is 2. The van der Waals surface area contributed by atoms with Gasteiger partial charge in [0.1, 0.15) is 12.2 Å². The number of carbonyl (C=O) groups is 2. The molecule has 0 aliphatic heterocycles. The third kappa shape index (κ3) is 17.6. The van der Waals surface area contributed by atoms with Crippen molar-refractivity contribution in [3.63, 3.8) is 0 Å². The van der Waals surface area contributed by atoms with Crippen molar-refractivity contribution in [3.8, 4) is 0 Å². The van der Waals surface area contributed by atoms with Crippen LogP contribution >= 0.6 is 0 Å². The van der Waals surface area contributed by atoms with Crippen LogP contribution in [0.4, 0.5) is 0 Å². The Morgan fingerprint density at radius 2 is 1.11 bits per heavy atom. The summed E-state index contributed by atoms with van der Waals surface area (Å²) in [4.78, 5) is 31.3. The summed E-state index contributed by atoms with van der Waals surface area (Å²) in [5, 5.41) is 61.1. The Bertz CT molecular complexity index is 1310. The maximum absolute atomic E-state index is 13.2. The van der Waals surface area contributed by atoms with Crippen molar-refractivity contribution in [1.82, 2.24) is 16.0 Å². The molecule has 0 aromatic rings. The summed E-state index contributed by atoms with van der Waals surface area (Å²) in [5.41, 5.74) is 4.75. The molecule has 4 unspecified atom stereocenters. The van der Waals surface area contributed by atoms with E-state index in [1.807, 2.05) is 27.7 Å². The average Bonchev–Trinajstić information content (AvgIpc) is 3.12. The van der Waals surface area contributed by atoms with Crippen LogP contribution in [0.25, 0.3) is 0 Å². The van der Waals surface area contributed by atoms with Crippen LogP contribution in [-0.2, 0) is 9.59 Å². The molecule has 0 aromatic heterocycles. The summed E-state index contributed by atoms with van der Waals surface area (Å²) in [7, 11) is 0. The van der Waals surface area contributed by atoms with Gasteiger partial charge in [0.15, 0.2) is 12.2 Å². The van der Waals surface area contributed by atoms with Crippen molar-refractivity contribution in [2.24, 2.45) is 38.3 Å². The molecular weight excluding hydrogens is 721 g/mol. The Morgan fingerprint density at radius 1 is 0.667 bits per heavy atom. The van der Waals surface area contributed by atoms with E-state index in [1.54, 1.807) is 13.8 Å². The normalized spacial score (nSPS) is 19.3. The fraction of sp³-hybridized carbons (Fsp3) is 0.911. The maximum atomic E-state index is 13.2. The van der Waals surface area contributed by atoms with E-state index in [9.17, 15) is 30.0 Å². The first-order chi connectivity index (χ1) is 25.8. The van der Waals surface area contributed by atoms with Crippen LogP contribution in [0.1, 0.15) is 182 Å². The molecule has 8 atom stereocenters. The smallest absolute Gasteiger partial charge is 0.252 e. The molecule has 0 fully saturated rings. The molecule has 0 aliphatic carbocycles. The first kappa shape index (κ1) is 54.9. The zero-order valence-corrected chi connectivity index (χ0v) is 39.5. The first-order valence-corrected chi connectivity index (χ1v) is 21.8. The van der Waals surface area contributed by atoms with Gasteiger partial charge >= 0.3 is 0 Å². The van der Waals surface area contributed by atoms with E-state index in [4.69, 9.17) is 16.1 Å². The lowest BCUT2D eigenvalue weighted by atomic mass is 9.66. The minimum atomic E-state index is -2.14. The van der Waals surface area contributed by atoms with E-state index >= 15 is 0 Å². The molecule has 0 heterocycles. The quantitative estimate of drug-likeness (QED) is 0.0308. The van der Waals surface area contributed by atoms with Crippen LogP contribution in [0, 0.1) is 33.0 Å². The van der Waals surface area contributed by atoms with Gasteiger partial charge in [0.2, 0.25) is 0 Å². The molecule has 0 radical (unpaired) electrons. The molecule has 0 aromatic carbocycles. The highest BCUT2D eigenvalue weighted by Crippen LogP contribution is 2.43. The number of aliphatic hydroxyl groups is 4. The van der Waals surface area contributed by atoms with Gasteiger partial charge in [-0.15, -0.1) is 0 Å². The molecule has 57 heavy (non-hydrogen) atoms. The van der Waals surface area contributed by atoms with Crippen molar-refractivity contribution < 1.29 is 30.0 Å². The summed E-state index contributed by atoms with van der Waals surface area (Å²) in [6, 6.07) is 0. The van der Waals surface area contributed by atoms with Gasteiger partial charge in [0.25, 0.3) is 11.8 Å². The van der Waals surface area contributed by atoms with Crippen LogP contribution in [0.2, 0.25) is 0 Å². The largest absolute Gasteiger partial charge is 0.387 e. The van der Waals surface area contributed by atoms with Gasteiger partial charge < -0.3 is 47.5 Å². The fourth-order valence-corrected chi connectivity index (χ4v) is 8.17. The third-order valence-electron chi connectivity index (χ3n) is 13.2. The fourth-order valence-electron chi connectivity index (χ4n) is 8.17. The SMILES string of the molecule is CCC(C)C(=N)CC(C)(CC)CC(C)(CC)C(N)=NCC(C)(C)CC(C)(C)NC(=O)[C@H](O)[C@@H](O)[C@@H](O)[C@H](O)C(=O)NC(C)(C)CC(C)(CC)CNC(C)(CC)CC. The maximum Gasteiger partial charge on any atom is 0.252 e. The van der Waals surface area contributed by atoms with E-state index in [2.05, 4.69) is 92.1 Å². The lowest BCUT2D eigenvalue weighted by Crippen LogP contribution is -2.59. The molecular formula is C45H90N6O6. The van der Waals surface area contributed by atoms with E-state index in [-0.39, 0.29) is 27.7 Å². The van der Waals surface area contributed by atoms with Crippen LogP contribution in [0.3, 0.4) is 0 Å². The van der Waals surface area contributed by atoms with Crippen molar-refractivity contribution in [2.75, 3.05) is 13.1 Å². The first-order valence-electron chi connectivity index (χ1n) is 21.8. The van der Waals surface area contributed by atoms with Crippen LogP contribution in [0.15, 0.2) is 4.99 Å². The number of nitrogens with zero attached hydrogens (tertiary/aromatic N) is 1. The Balaban J connectivity index is 5.64. The second-order valence-corrected chi connectivity index (χ2v) is 20.9. The molecule has 2 amide bonds. The van der Waals surface area contributed by atoms with Crippen molar-refractivity contribution in [3.05, 3.63) is 0 Å². The third-order valence-corrected chi connectivity index (χ3v) is 13.2. The van der Waals surface area contributed by atoms with Gasteiger partial charge in [-0.3, -0.25) is 14.6 Å². The molecule has 0 saturated carbocycles. The standard InChI is InChI=1S/C45H90N6O6/c1-18-30(7)31(46)24-42(14,19-2)27-44(16,21-4)38(47)48-28-39(8,9)25-40(10,11)50-36(56)34(54)32(52)33(53)35(55)37(57)51-41(12,13)26-43(15,20-3)29-49-45(17,22-5)23-6/h30,32-35,46,49,52-55H,18-29H2,1-17H3,(H2,47,48)(H,50,56)(H,51,57)/t30?,32-,33+,34+,35-,42?,43?,44?/m0/s1. The predicted molar refractivity (Wildman–Crippen MR) is 237 cm³/mol. The predicted octanol–water partition coefficient (Wildman–Crippen LogP) is 6.65. The number of amidine groups is 1. The average molecular weight is 811 g/mol. The summed E-state index contributed by atoms with van der Waals surface area (Å²) in [6.45, 7) is 36.0. The van der Waals surface area contributed by atoms with E-state index < -0.39 is 52.7 Å². The molecule has 0 bridgehead atoms. The second-order valence-electron chi connectivity index (χ2n) is 20.9. The molecule has 0 saturated heterocycles. The number of aliphatic imine (C=N–C) groups is 1. The number of hydrogen-bond acceptors (Lipinski definition) is 9. The van der Waals surface area contributed by atoms with Gasteiger partial charge in [-0.1, -0.05) is 89.5 Å². The second kappa shape index (κ2) is 21.9. The number of rotatable bonds is 28. The highest BCUT2D eigenvalue weighted by atomic mass is 16.4. The molecule has 0 spiro atoms. The lowest BCUT2D eigenvalue weighted by Gasteiger charge is -2.41. The van der Waals surface area contributed by atoms with Gasteiger partial charge in [-0.25, -0.2) is 0 Å². The molecule has 10 N–H and O–H groups in total. The lowest BCUT2D eigenvalue weighted by molar-refractivity contribution is -0.157. The minimum Gasteiger partial charge on any atom is -0.387 e. The van der Waals surface area contributed by atoms with Crippen LogP contribution < -0.4 is 21.7 Å². The molecule has 336 valence electrons. The van der Waals surface area contributed by atoms with Crippen molar-refractivity contribution >= 4 is 23.4 Å². The number of aliphatic hydroxyl groups excluding tert-OH is 4. The summed E-state index contributed by atoms with van der Waals surface area (Å²) >= 11 is 0. The topological polar surface area (TPSA) is 213 Å². The van der Waals surface area contributed by atoms with E-state index in [0.29, 0.717) is 25.2 Å². The summed E-state index contributed by atoms with van der Waals surface area (Å²) in [6.07, 6.45) is -0.506. The number of hydrogen-bond donors (Lipinski definition) is 9. The number of amides is 2. The van der Waals surface area contributed by atoms with Gasteiger partial charge in [-0.05, 0) is 115 Å². The highest BCUT2D eigenvalue weighted by Gasteiger charge is 2.42. The Hall–Kier alpha value is -2.12. The Morgan fingerprint density at radius 3 is 1.49 bits per heavy atom. The Labute approximate surface area is 348 Å². The highest BCUT2D eigenvalue weighted by molar-refractivity contribution is 5.87. The molecule has 12 heteroatoms. The van der Waals surface area contributed by atoms with Gasteiger partial charge in [0, 0.05) is 40.8 Å². The van der Waals surface area contributed by atoms with E-state index in [0.717, 1.165) is 63.6 Å².